The minimum atomic E-state index is -1.18. The SMILES string of the molecule is CCC(CO)NC(C)(C(=O)O)c1ccccc1. The van der Waals surface area contributed by atoms with Gasteiger partial charge in [0.15, 0.2) is 0 Å². The lowest BCUT2D eigenvalue weighted by Gasteiger charge is -2.31. The lowest BCUT2D eigenvalue weighted by atomic mass is 9.91. The molecule has 0 heterocycles. The molecule has 0 aliphatic rings. The summed E-state index contributed by atoms with van der Waals surface area (Å²) in [5.74, 6) is -0.949. The fourth-order valence-electron chi connectivity index (χ4n) is 1.73. The Kier molecular flexibility index (Phi) is 4.66. The largest absolute Gasteiger partial charge is 0.480 e. The van der Waals surface area contributed by atoms with Crippen LogP contribution < -0.4 is 5.32 Å². The van der Waals surface area contributed by atoms with Gasteiger partial charge in [0.25, 0.3) is 0 Å². The summed E-state index contributed by atoms with van der Waals surface area (Å²) in [5.41, 5.74) is -0.496. The number of hydrogen-bond donors (Lipinski definition) is 3. The highest BCUT2D eigenvalue weighted by Gasteiger charge is 2.36. The Morgan fingerprint density at radius 2 is 2.00 bits per heavy atom. The van der Waals surface area contributed by atoms with E-state index < -0.39 is 11.5 Å². The van der Waals surface area contributed by atoms with Crippen LogP contribution in [0.15, 0.2) is 30.3 Å². The quantitative estimate of drug-likeness (QED) is 0.698. The van der Waals surface area contributed by atoms with Crippen molar-refractivity contribution in [1.29, 1.82) is 0 Å². The van der Waals surface area contributed by atoms with Crippen molar-refractivity contribution in [2.24, 2.45) is 0 Å². The van der Waals surface area contributed by atoms with E-state index in [0.717, 1.165) is 0 Å². The normalized spacial score (nSPS) is 16.2. The number of hydrogen-bond acceptors (Lipinski definition) is 3. The van der Waals surface area contributed by atoms with E-state index in [1.165, 1.54) is 0 Å². The second-order valence-electron chi connectivity index (χ2n) is 4.23. The van der Waals surface area contributed by atoms with E-state index in [1.54, 1.807) is 31.2 Å². The number of nitrogens with one attached hydrogen (secondary N) is 1. The van der Waals surface area contributed by atoms with Gasteiger partial charge in [0, 0.05) is 6.04 Å². The van der Waals surface area contributed by atoms with Gasteiger partial charge >= 0.3 is 5.97 Å². The highest BCUT2D eigenvalue weighted by atomic mass is 16.4. The molecule has 0 aromatic heterocycles. The maximum atomic E-state index is 11.4. The molecule has 2 unspecified atom stereocenters. The first-order valence-electron chi connectivity index (χ1n) is 5.72. The number of benzene rings is 1. The van der Waals surface area contributed by atoms with Gasteiger partial charge in [-0.25, -0.2) is 4.79 Å². The average Bonchev–Trinajstić information content (AvgIpc) is 2.36. The fraction of sp³-hybridized carbons (Fsp3) is 0.462. The molecule has 4 heteroatoms. The van der Waals surface area contributed by atoms with E-state index in [9.17, 15) is 9.90 Å². The molecule has 0 aliphatic carbocycles. The van der Waals surface area contributed by atoms with E-state index in [4.69, 9.17) is 5.11 Å². The minimum absolute atomic E-state index is 0.0772. The van der Waals surface area contributed by atoms with Crippen molar-refractivity contribution < 1.29 is 15.0 Å². The first-order chi connectivity index (χ1) is 8.04. The van der Waals surface area contributed by atoms with Crippen LogP contribution in [0.1, 0.15) is 25.8 Å². The molecule has 1 aromatic carbocycles. The van der Waals surface area contributed by atoms with Crippen LogP contribution >= 0.6 is 0 Å². The van der Waals surface area contributed by atoms with E-state index >= 15 is 0 Å². The molecule has 0 saturated heterocycles. The Labute approximate surface area is 101 Å². The summed E-state index contributed by atoms with van der Waals surface area (Å²) in [4.78, 5) is 11.4. The molecule has 0 bridgehead atoms. The standard InChI is InChI=1S/C13H19NO3/c1-3-11(9-15)14-13(2,12(16)17)10-7-5-4-6-8-10/h4-8,11,14-15H,3,9H2,1-2H3,(H,16,17). The Bertz CT molecular complexity index is 362. The van der Waals surface area contributed by atoms with Gasteiger partial charge in [0.2, 0.25) is 0 Å². The van der Waals surface area contributed by atoms with Gasteiger partial charge in [0.1, 0.15) is 5.54 Å². The summed E-state index contributed by atoms with van der Waals surface area (Å²) in [5, 5.41) is 21.5. The molecule has 3 N–H and O–H groups in total. The zero-order chi connectivity index (χ0) is 12.9. The highest BCUT2D eigenvalue weighted by molar-refractivity contribution is 5.80. The molecule has 17 heavy (non-hydrogen) atoms. The average molecular weight is 237 g/mol. The lowest BCUT2D eigenvalue weighted by Crippen LogP contribution is -2.52. The van der Waals surface area contributed by atoms with Crippen molar-refractivity contribution in [1.82, 2.24) is 5.32 Å². The summed E-state index contributed by atoms with van der Waals surface area (Å²) in [6, 6.07) is 8.76. The Morgan fingerprint density at radius 3 is 2.41 bits per heavy atom. The molecule has 0 amide bonds. The highest BCUT2D eigenvalue weighted by Crippen LogP contribution is 2.22. The summed E-state index contributed by atoms with van der Waals surface area (Å²) in [6.45, 7) is 3.44. The maximum Gasteiger partial charge on any atom is 0.328 e. The first kappa shape index (κ1) is 13.7. The van der Waals surface area contributed by atoms with Crippen LogP contribution in [-0.2, 0) is 10.3 Å². The van der Waals surface area contributed by atoms with Crippen molar-refractivity contribution in [2.75, 3.05) is 6.61 Å². The van der Waals surface area contributed by atoms with Crippen LogP contribution in [0.3, 0.4) is 0 Å². The molecular formula is C13H19NO3. The molecule has 1 aromatic rings. The molecular weight excluding hydrogens is 218 g/mol. The van der Waals surface area contributed by atoms with E-state index in [1.807, 2.05) is 13.0 Å². The van der Waals surface area contributed by atoms with Crippen molar-refractivity contribution in [3.05, 3.63) is 35.9 Å². The van der Waals surface area contributed by atoms with E-state index in [-0.39, 0.29) is 12.6 Å². The minimum Gasteiger partial charge on any atom is -0.480 e. The molecule has 4 nitrogen and oxygen atoms in total. The monoisotopic (exact) mass is 237 g/mol. The van der Waals surface area contributed by atoms with Gasteiger partial charge < -0.3 is 10.2 Å². The van der Waals surface area contributed by atoms with Crippen molar-refractivity contribution in [3.63, 3.8) is 0 Å². The predicted molar refractivity (Wildman–Crippen MR) is 65.7 cm³/mol. The third-order valence-corrected chi connectivity index (χ3v) is 2.98. The van der Waals surface area contributed by atoms with Crippen LogP contribution in [0.25, 0.3) is 0 Å². The number of aliphatic hydroxyl groups excluding tert-OH is 1. The summed E-state index contributed by atoms with van der Waals surface area (Å²) in [6.07, 6.45) is 0.673. The smallest absolute Gasteiger partial charge is 0.328 e. The molecule has 0 fully saturated rings. The van der Waals surface area contributed by atoms with Gasteiger partial charge in [-0.05, 0) is 18.9 Å². The molecule has 0 radical (unpaired) electrons. The lowest BCUT2D eigenvalue weighted by molar-refractivity contribution is -0.145. The summed E-state index contributed by atoms with van der Waals surface area (Å²) in [7, 11) is 0. The first-order valence-corrected chi connectivity index (χ1v) is 5.72. The summed E-state index contributed by atoms with van der Waals surface area (Å²) < 4.78 is 0. The van der Waals surface area contributed by atoms with Crippen LogP contribution in [0.4, 0.5) is 0 Å². The predicted octanol–water partition coefficient (Wildman–Crippen LogP) is 1.35. The Balaban J connectivity index is 3.02. The Morgan fingerprint density at radius 1 is 1.41 bits per heavy atom. The number of carboxylic acids is 1. The van der Waals surface area contributed by atoms with Crippen LogP contribution in [0.2, 0.25) is 0 Å². The number of aliphatic hydroxyl groups is 1. The number of carbonyl (C=O) groups is 1. The van der Waals surface area contributed by atoms with Crippen LogP contribution in [0, 0.1) is 0 Å². The van der Waals surface area contributed by atoms with Gasteiger partial charge in [0.05, 0.1) is 6.61 Å². The maximum absolute atomic E-state index is 11.4. The number of carboxylic acid groups (broad SMARTS) is 1. The van der Waals surface area contributed by atoms with Gasteiger partial charge in [-0.2, -0.15) is 0 Å². The molecule has 2 atom stereocenters. The third kappa shape index (κ3) is 3.05. The molecule has 0 aliphatic heterocycles. The number of aliphatic carboxylic acids is 1. The van der Waals surface area contributed by atoms with Crippen LogP contribution in [0.5, 0.6) is 0 Å². The third-order valence-electron chi connectivity index (χ3n) is 2.98. The van der Waals surface area contributed by atoms with Crippen molar-refractivity contribution in [2.45, 2.75) is 31.8 Å². The van der Waals surface area contributed by atoms with E-state index in [0.29, 0.717) is 12.0 Å². The van der Waals surface area contributed by atoms with Gasteiger partial charge in [-0.15, -0.1) is 0 Å². The van der Waals surface area contributed by atoms with E-state index in [2.05, 4.69) is 5.32 Å². The zero-order valence-corrected chi connectivity index (χ0v) is 10.2. The Hall–Kier alpha value is -1.39. The van der Waals surface area contributed by atoms with Crippen molar-refractivity contribution >= 4 is 5.97 Å². The number of rotatable bonds is 6. The molecule has 94 valence electrons. The topological polar surface area (TPSA) is 69.6 Å². The zero-order valence-electron chi connectivity index (χ0n) is 10.2. The molecule has 1 rings (SSSR count). The molecule has 0 saturated carbocycles. The van der Waals surface area contributed by atoms with Crippen LogP contribution in [-0.4, -0.2) is 28.8 Å². The molecule has 0 spiro atoms. The second kappa shape index (κ2) is 5.80. The fourth-order valence-corrected chi connectivity index (χ4v) is 1.73. The summed E-state index contributed by atoms with van der Waals surface area (Å²) >= 11 is 0. The van der Waals surface area contributed by atoms with Gasteiger partial charge in [-0.3, -0.25) is 5.32 Å². The van der Waals surface area contributed by atoms with Crippen molar-refractivity contribution in [3.8, 4) is 0 Å². The van der Waals surface area contributed by atoms with Gasteiger partial charge in [-0.1, -0.05) is 37.3 Å². The second-order valence-corrected chi connectivity index (χ2v) is 4.23.